The Labute approximate surface area is 166 Å². The van der Waals surface area contributed by atoms with Crippen molar-refractivity contribution in [1.29, 1.82) is 0 Å². The number of aromatic nitrogens is 3. The predicted octanol–water partition coefficient (Wildman–Crippen LogP) is 3.39. The summed E-state index contributed by atoms with van der Waals surface area (Å²) < 4.78 is 10.6. The Morgan fingerprint density at radius 1 is 1.18 bits per heavy atom. The fourth-order valence-electron chi connectivity index (χ4n) is 3.04. The minimum Gasteiger partial charge on any atom is -0.454 e. The van der Waals surface area contributed by atoms with E-state index in [0.29, 0.717) is 28.3 Å². The normalized spacial score (nSPS) is 15.8. The van der Waals surface area contributed by atoms with Crippen LogP contribution in [0.1, 0.15) is 38.5 Å². The molecule has 2 heterocycles. The minimum absolute atomic E-state index is 0.151. The quantitative estimate of drug-likeness (QED) is 0.385. The van der Waals surface area contributed by atoms with Gasteiger partial charge in [0.1, 0.15) is 0 Å². The van der Waals surface area contributed by atoms with Gasteiger partial charge in [0.05, 0.1) is 5.75 Å². The number of aromatic amines is 1. The maximum absolute atomic E-state index is 12.2. The molecular weight excluding hydrogens is 380 g/mol. The second-order valence-corrected chi connectivity index (χ2v) is 7.52. The molecule has 1 saturated carbocycles. The van der Waals surface area contributed by atoms with Gasteiger partial charge in [-0.15, -0.1) is 5.10 Å². The summed E-state index contributed by atoms with van der Waals surface area (Å²) in [5.74, 6) is 1.84. The molecule has 0 spiro atoms. The zero-order valence-corrected chi connectivity index (χ0v) is 16.2. The molecule has 28 heavy (non-hydrogen) atoms. The number of hydrogen-bond acceptors (Lipinski definition) is 8. The largest absolute Gasteiger partial charge is 0.454 e. The maximum atomic E-state index is 12.2. The highest BCUT2D eigenvalue weighted by Crippen LogP contribution is 2.34. The number of H-pyrrole nitrogens is 1. The molecule has 9 nitrogen and oxygen atoms in total. The van der Waals surface area contributed by atoms with Crippen LogP contribution in [0, 0.1) is 0 Å². The number of thioether (sulfide) groups is 1. The highest BCUT2D eigenvalue weighted by Gasteiger charge is 2.14. The van der Waals surface area contributed by atoms with Gasteiger partial charge < -0.3 is 14.8 Å². The van der Waals surface area contributed by atoms with Crippen LogP contribution in [0.25, 0.3) is 0 Å². The lowest BCUT2D eigenvalue weighted by molar-refractivity contribution is -0.113. The Morgan fingerprint density at radius 3 is 2.86 bits per heavy atom. The monoisotopic (exact) mass is 402 g/mol. The van der Waals surface area contributed by atoms with Crippen molar-refractivity contribution in [2.45, 2.75) is 43.7 Å². The summed E-state index contributed by atoms with van der Waals surface area (Å²) in [4.78, 5) is 16.5. The Hall–Kier alpha value is -2.75. The van der Waals surface area contributed by atoms with Crippen molar-refractivity contribution in [3.8, 4) is 11.5 Å². The van der Waals surface area contributed by atoms with Crippen molar-refractivity contribution in [1.82, 2.24) is 15.2 Å². The summed E-state index contributed by atoms with van der Waals surface area (Å²) in [5.41, 5.74) is 4.76. The van der Waals surface area contributed by atoms with E-state index in [1.165, 1.54) is 43.2 Å². The summed E-state index contributed by atoms with van der Waals surface area (Å²) in [6.07, 6.45) is 6.99. The summed E-state index contributed by atoms with van der Waals surface area (Å²) >= 11 is 1.25. The molecule has 0 saturated heterocycles. The SMILES string of the molecule is O=C(CSc1n[nH]c(NN=C2CCCCCC2)n1)Nc1ccc2c(c1)OCO2. The first-order valence-electron chi connectivity index (χ1n) is 9.32. The fourth-order valence-corrected chi connectivity index (χ4v) is 3.64. The summed E-state index contributed by atoms with van der Waals surface area (Å²) in [7, 11) is 0. The lowest BCUT2D eigenvalue weighted by Crippen LogP contribution is -2.14. The minimum atomic E-state index is -0.151. The molecule has 0 atom stereocenters. The molecule has 1 aromatic carbocycles. The number of carbonyl (C=O) groups excluding carboxylic acids is 1. The molecule has 0 radical (unpaired) electrons. The van der Waals surface area contributed by atoms with Crippen molar-refractivity contribution in [2.75, 3.05) is 23.3 Å². The first-order chi connectivity index (χ1) is 13.8. The van der Waals surface area contributed by atoms with Gasteiger partial charge in [0, 0.05) is 17.5 Å². The van der Waals surface area contributed by atoms with Gasteiger partial charge in [-0.25, -0.2) is 10.5 Å². The third-order valence-corrected chi connectivity index (χ3v) is 5.30. The van der Waals surface area contributed by atoms with E-state index in [-0.39, 0.29) is 18.5 Å². The number of hydrogen-bond donors (Lipinski definition) is 3. The van der Waals surface area contributed by atoms with Gasteiger partial charge in [-0.05, 0) is 37.8 Å². The van der Waals surface area contributed by atoms with Crippen LogP contribution < -0.4 is 20.2 Å². The molecule has 2 aliphatic rings. The van der Waals surface area contributed by atoms with Crippen molar-refractivity contribution < 1.29 is 14.3 Å². The lowest BCUT2D eigenvalue weighted by Gasteiger charge is -2.05. The van der Waals surface area contributed by atoms with Crippen LogP contribution >= 0.6 is 11.8 Å². The van der Waals surface area contributed by atoms with E-state index < -0.39 is 0 Å². The second-order valence-electron chi connectivity index (χ2n) is 6.58. The number of amides is 1. The van der Waals surface area contributed by atoms with E-state index in [2.05, 4.69) is 31.0 Å². The smallest absolute Gasteiger partial charge is 0.240 e. The Kier molecular flexibility index (Phi) is 5.95. The van der Waals surface area contributed by atoms with Crippen LogP contribution in [0.5, 0.6) is 11.5 Å². The number of nitrogens with one attached hydrogen (secondary N) is 3. The number of hydrazone groups is 1. The topological polar surface area (TPSA) is 114 Å². The first kappa shape index (κ1) is 18.6. The van der Waals surface area contributed by atoms with Gasteiger partial charge >= 0.3 is 0 Å². The van der Waals surface area contributed by atoms with E-state index >= 15 is 0 Å². The summed E-state index contributed by atoms with van der Waals surface area (Å²) in [6.45, 7) is 0.204. The zero-order valence-electron chi connectivity index (χ0n) is 15.4. The van der Waals surface area contributed by atoms with Crippen LogP contribution in [-0.4, -0.2) is 39.3 Å². The zero-order chi connectivity index (χ0) is 19.2. The van der Waals surface area contributed by atoms with E-state index in [9.17, 15) is 4.79 Å². The average Bonchev–Trinajstić information content (AvgIpc) is 3.27. The Balaban J connectivity index is 1.25. The lowest BCUT2D eigenvalue weighted by atomic mass is 10.2. The average molecular weight is 402 g/mol. The molecule has 0 unspecified atom stereocenters. The number of carbonyl (C=O) groups is 1. The van der Waals surface area contributed by atoms with E-state index in [1.54, 1.807) is 18.2 Å². The Morgan fingerprint density at radius 2 is 2.00 bits per heavy atom. The van der Waals surface area contributed by atoms with Gasteiger partial charge in [-0.2, -0.15) is 10.1 Å². The van der Waals surface area contributed by atoms with Gasteiger partial charge in [0.25, 0.3) is 0 Å². The van der Waals surface area contributed by atoms with Crippen molar-refractivity contribution in [3.63, 3.8) is 0 Å². The van der Waals surface area contributed by atoms with Crippen LogP contribution in [0.4, 0.5) is 11.6 Å². The summed E-state index contributed by atoms with van der Waals surface area (Å²) in [6, 6.07) is 5.29. The number of fused-ring (bicyclic) bond motifs is 1. The van der Waals surface area contributed by atoms with Gasteiger partial charge in [0.15, 0.2) is 11.5 Å². The second kappa shape index (κ2) is 8.96. The van der Waals surface area contributed by atoms with Crippen molar-refractivity contribution in [3.05, 3.63) is 18.2 Å². The molecule has 2 aromatic rings. The first-order valence-corrected chi connectivity index (χ1v) is 10.3. The molecule has 1 aliphatic heterocycles. The van der Waals surface area contributed by atoms with Gasteiger partial charge in [-0.1, -0.05) is 24.6 Å². The number of rotatable bonds is 6. The standard InChI is InChI=1S/C18H22N6O3S/c25-16(19-13-7-8-14-15(9-13)27-11-26-14)10-28-18-20-17(23-24-18)22-21-12-5-3-1-2-4-6-12/h7-9H,1-6,10-11H2,(H,19,25)(H2,20,22,23,24). The molecule has 3 N–H and O–H groups in total. The highest BCUT2D eigenvalue weighted by atomic mass is 32.2. The van der Waals surface area contributed by atoms with Gasteiger partial charge in [0.2, 0.25) is 23.8 Å². The molecule has 1 fully saturated rings. The highest BCUT2D eigenvalue weighted by molar-refractivity contribution is 7.99. The van der Waals surface area contributed by atoms with Crippen LogP contribution in [0.2, 0.25) is 0 Å². The molecule has 10 heteroatoms. The number of ether oxygens (including phenoxy) is 2. The number of anilines is 2. The molecule has 1 aromatic heterocycles. The van der Waals surface area contributed by atoms with E-state index in [0.717, 1.165) is 12.8 Å². The van der Waals surface area contributed by atoms with Crippen LogP contribution in [-0.2, 0) is 4.79 Å². The predicted molar refractivity (Wildman–Crippen MR) is 107 cm³/mol. The molecule has 1 amide bonds. The molecule has 0 bridgehead atoms. The van der Waals surface area contributed by atoms with Crippen molar-refractivity contribution >= 4 is 35.0 Å². The third-order valence-electron chi connectivity index (χ3n) is 4.45. The maximum Gasteiger partial charge on any atom is 0.240 e. The third kappa shape index (κ3) is 4.94. The summed E-state index contributed by atoms with van der Waals surface area (Å²) in [5, 5.41) is 14.6. The van der Waals surface area contributed by atoms with Gasteiger partial charge in [-0.3, -0.25) is 4.79 Å². The number of benzene rings is 1. The van der Waals surface area contributed by atoms with E-state index in [1.807, 2.05) is 0 Å². The molecule has 148 valence electrons. The van der Waals surface area contributed by atoms with Crippen LogP contribution in [0.3, 0.4) is 0 Å². The molecular formula is C18H22N6O3S. The Bertz CT molecular complexity index is 859. The van der Waals surface area contributed by atoms with E-state index in [4.69, 9.17) is 9.47 Å². The van der Waals surface area contributed by atoms with Crippen molar-refractivity contribution in [2.24, 2.45) is 5.10 Å². The molecule has 1 aliphatic carbocycles. The number of nitrogens with zero attached hydrogens (tertiary/aromatic N) is 3. The van der Waals surface area contributed by atoms with Crippen LogP contribution in [0.15, 0.2) is 28.5 Å². The fraction of sp³-hybridized carbons (Fsp3) is 0.444. The molecule has 4 rings (SSSR count).